The molecule has 0 saturated heterocycles. The Kier molecular flexibility index (Phi) is 7.15. The molecule has 1 rings (SSSR count). The van der Waals surface area contributed by atoms with E-state index in [4.69, 9.17) is 0 Å². The lowest BCUT2D eigenvalue weighted by Gasteiger charge is -2.19. The lowest BCUT2D eigenvalue weighted by atomic mass is 10.2. The van der Waals surface area contributed by atoms with Crippen LogP contribution in [0.4, 0.5) is 5.69 Å². The molecule has 0 bridgehead atoms. The van der Waals surface area contributed by atoms with Crippen LogP contribution < -0.4 is 21.9 Å². The van der Waals surface area contributed by atoms with E-state index in [2.05, 4.69) is 61.7 Å². The molecule has 92 valence electrons. The second-order valence-electron chi connectivity index (χ2n) is 4.32. The number of hydrogen-bond acceptors (Lipinski definition) is 1. The second-order valence-corrected chi connectivity index (χ2v) is 4.32. The van der Waals surface area contributed by atoms with E-state index < -0.39 is 0 Å². The highest BCUT2D eigenvalue weighted by atomic mass is 35.5. The first-order chi connectivity index (χ1) is 7.17. The highest BCUT2D eigenvalue weighted by Gasteiger charge is 2.06. The molecule has 3 heteroatoms. The largest absolute Gasteiger partial charge is 1.00 e. The van der Waals surface area contributed by atoms with Gasteiger partial charge in [0.25, 0.3) is 0 Å². The maximum absolute atomic E-state index is 2.36. The minimum Gasteiger partial charge on any atom is -1.00 e. The Morgan fingerprint density at radius 2 is 1.62 bits per heavy atom. The smallest absolute Gasteiger partial charge is 0.170 e. The Balaban J connectivity index is 0.00000225. The van der Waals surface area contributed by atoms with Crippen LogP contribution in [-0.2, 0) is 6.54 Å². The topological polar surface area (TPSA) is 7.12 Å². The average molecular weight is 243 g/mol. The first-order valence-electron chi connectivity index (χ1n) is 5.91. The minimum absolute atomic E-state index is 0. The van der Waals surface area contributed by atoms with Crippen molar-refractivity contribution in [2.75, 3.05) is 18.0 Å². The van der Waals surface area contributed by atoms with Gasteiger partial charge in [0.15, 0.2) is 18.9 Å². The molecule has 2 nitrogen and oxygen atoms in total. The molecular weight excluding hydrogens is 220 g/mol. The summed E-state index contributed by atoms with van der Waals surface area (Å²) < 4.78 is 2.25. The second kappa shape index (κ2) is 7.50. The predicted molar refractivity (Wildman–Crippen MR) is 65.0 cm³/mol. The molecular formula is C13H23ClN2. The van der Waals surface area contributed by atoms with E-state index in [0.29, 0.717) is 5.92 Å². The van der Waals surface area contributed by atoms with Crippen molar-refractivity contribution in [3.8, 4) is 0 Å². The summed E-state index contributed by atoms with van der Waals surface area (Å²) in [5.74, 6) is 0.703. The van der Waals surface area contributed by atoms with Crippen molar-refractivity contribution >= 4 is 5.69 Å². The van der Waals surface area contributed by atoms with E-state index in [1.54, 1.807) is 0 Å². The summed E-state index contributed by atoms with van der Waals surface area (Å²) in [7, 11) is 0. The van der Waals surface area contributed by atoms with Crippen LogP contribution in [0.15, 0.2) is 24.5 Å². The number of anilines is 1. The van der Waals surface area contributed by atoms with Gasteiger partial charge in [-0.05, 0) is 13.8 Å². The standard InChI is InChI=1S/C13H23N2.ClH/c1-5-15(6-2)13-7-9-14(10-8-13)11-12(3)4;/h7-10,12H,5-6,11H2,1-4H3;1H/q+1;/p-1. The Morgan fingerprint density at radius 3 is 2.00 bits per heavy atom. The van der Waals surface area contributed by atoms with Gasteiger partial charge in [0, 0.05) is 36.8 Å². The molecule has 0 aliphatic rings. The number of hydrogen-bond donors (Lipinski definition) is 0. The number of nitrogens with zero attached hydrogens (tertiary/aromatic N) is 2. The van der Waals surface area contributed by atoms with Gasteiger partial charge < -0.3 is 17.3 Å². The van der Waals surface area contributed by atoms with Gasteiger partial charge in [0.1, 0.15) is 0 Å². The van der Waals surface area contributed by atoms with Crippen LogP contribution in [0.3, 0.4) is 0 Å². The molecule has 0 saturated carbocycles. The van der Waals surface area contributed by atoms with E-state index in [1.165, 1.54) is 5.69 Å². The molecule has 16 heavy (non-hydrogen) atoms. The molecule has 1 aromatic heterocycles. The zero-order valence-electron chi connectivity index (χ0n) is 10.8. The monoisotopic (exact) mass is 242 g/mol. The summed E-state index contributed by atoms with van der Waals surface area (Å²) in [5, 5.41) is 0. The number of rotatable bonds is 5. The Labute approximate surface area is 106 Å². The number of aromatic nitrogens is 1. The fourth-order valence-electron chi connectivity index (χ4n) is 1.79. The first-order valence-corrected chi connectivity index (χ1v) is 5.91. The van der Waals surface area contributed by atoms with E-state index in [-0.39, 0.29) is 12.4 Å². The number of halogens is 1. The zero-order chi connectivity index (χ0) is 11.3. The van der Waals surface area contributed by atoms with Gasteiger partial charge in [0.05, 0.1) is 0 Å². The lowest BCUT2D eigenvalue weighted by molar-refractivity contribution is -0.702. The molecule has 1 aromatic rings. The predicted octanol–water partition coefficient (Wildman–Crippen LogP) is -0.520. The van der Waals surface area contributed by atoms with Crippen molar-refractivity contribution in [3.05, 3.63) is 24.5 Å². The van der Waals surface area contributed by atoms with Gasteiger partial charge in [-0.3, -0.25) is 0 Å². The highest BCUT2D eigenvalue weighted by molar-refractivity contribution is 5.43. The normalized spacial score (nSPS) is 10.1. The van der Waals surface area contributed by atoms with Crippen LogP contribution >= 0.6 is 0 Å². The van der Waals surface area contributed by atoms with E-state index in [0.717, 1.165) is 19.6 Å². The summed E-state index contributed by atoms with van der Waals surface area (Å²) >= 11 is 0. The van der Waals surface area contributed by atoms with E-state index in [1.807, 2.05) is 0 Å². The number of pyridine rings is 1. The third kappa shape index (κ3) is 4.40. The quantitative estimate of drug-likeness (QED) is 0.631. The fourth-order valence-corrected chi connectivity index (χ4v) is 1.79. The Hall–Kier alpha value is -0.760. The average Bonchev–Trinajstić information content (AvgIpc) is 2.21. The van der Waals surface area contributed by atoms with Crippen molar-refractivity contribution in [2.24, 2.45) is 5.92 Å². The SMILES string of the molecule is CCN(CC)c1cc[n+](CC(C)C)cc1.[Cl-]. The van der Waals surface area contributed by atoms with Crippen molar-refractivity contribution in [1.29, 1.82) is 0 Å². The molecule has 0 aliphatic heterocycles. The van der Waals surface area contributed by atoms with Gasteiger partial charge >= 0.3 is 0 Å². The Bertz CT molecular complexity index is 278. The van der Waals surface area contributed by atoms with Crippen LogP contribution in [0.2, 0.25) is 0 Å². The summed E-state index contributed by atoms with van der Waals surface area (Å²) in [5.41, 5.74) is 1.32. The molecule has 0 fully saturated rings. The molecule has 0 amide bonds. The molecule has 0 spiro atoms. The molecule has 0 radical (unpaired) electrons. The summed E-state index contributed by atoms with van der Waals surface area (Å²) in [6.07, 6.45) is 4.35. The molecule has 0 N–H and O–H groups in total. The van der Waals surface area contributed by atoms with Crippen LogP contribution in [0.1, 0.15) is 27.7 Å². The molecule has 0 atom stereocenters. The van der Waals surface area contributed by atoms with Gasteiger partial charge in [-0.2, -0.15) is 0 Å². The molecule has 0 unspecified atom stereocenters. The van der Waals surface area contributed by atoms with Crippen molar-refractivity contribution in [1.82, 2.24) is 0 Å². The summed E-state index contributed by atoms with van der Waals surface area (Å²) in [4.78, 5) is 2.36. The van der Waals surface area contributed by atoms with Crippen LogP contribution in [0.25, 0.3) is 0 Å². The van der Waals surface area contributed by atoms with Gasteiger partial charge in [-0.15, -0.1) is 0 Å². The summed E-state index contributed by atoms with van der Waals surface area (Å²) in [6, 6.07) is 4.41. The van der Waals surface area contributed by atoms with Crippen molar-refractivity contribution in [3.63, 3.8) is 0 Å². The van der Waals surface area contributed by atoms with Gasteiger partial charge in [-0.1, -0.05) is 13.8 Å². The zero-order valence-corrected chi connectivity index (χ0v) is 11.5. The lowest BCUT2D eigenvalue weighted by Crippen LogP contribution is -3.00. The van der Waals surface area contributed by atoms with Gasteiger partial charge in [-0.25, -0.2) is 4.57 Å². The van der Waals surface area contributed by atoms with Crippen LogP contribution in [-0.4, -0.2) is 13.1 Å². The molecule has 0 aliphatic carbocycles. The van der Waals surface area contributed by atoms with Crippen molar-refractivity contribution < 1.29 is 17.0 Å². The highest BCUT2D eigenvalue weighted by Crippen LogP contribution is 2.10. The van der Waals surface area contributed by atoms with Crippen molar-refractivity contribution in [2.45, 2.75) is 34.2 Å². The maximum atomic E-state index is 2.36. The molecule has 1 heterocycles. The fraction of sp³-hybridized carbons (Fsp3) is 0.615. The van der Waals surface area contributed by atoms with Crippen LogP contribution in [0.5, 0.6) is 0 Å². The van der Waals surface area contributed by atoms with E-state index >= 15 is 0 Å². The molecule has 0 aromatic carbocycles. The van der Waals surface area contributed by atoms with Gasteiger partial charge in [0.2, 0.25) is 0 Å². The maximum Gasteiger partial charge on any atom is 0.170 e. The summed E-state index contributed by atoms with van der Waals surface area (Å²) in [6.45, 7) is 12.1. The first kappa shape index (κ1) is 15.2. The minimum atomic E-state index is 0. The third-order valence-corrected chi connectivity index (χ3v) is 2.58. The Morgan fingerprint density at radius 1 is 1.12 bits per heavy atom. The van der Waals surface area contributed by atoms with E-state index in [9.17, 15) is 0 Å². The van der Waals surface area contributed by atoms with Crippen LogP contribution in [0, 0.1) is 5.92 Å². The third-order valence-electron chi connectivity index (χ3n) is 2.58.